The fourth-order valence-corrected chi connectivity index (χ4v) is 2.08. The van der Waals surface area contributed by atoms with Crippen LogP contribution in [0, 0.1) is 5.82 Å². The number of rotatable bonds is 3. The van der Waals surface area contributed by atoms with Gasteiger partial charge in [-0.15, -0.1) is 0 Å². The van der Waals surface area contributed by atoms with E-state index in [0.29, 0.717) is 11.0 Å². The molecule has 1 N–H and O–H groups in total. The van der Waals surface area contributed by atoms with E-state index >= 15 is 0 Å². The van der Waals surface area contributed by atoms with Gasteiger partial charge in [-0.1, -0.05) is 6.07 Å². The van der Waals surface area contributed by atoms with Crippen molar-refractivity contribution in [1.82, 2.24) is 4.57 Å². The molecule has 0 bridgehead atoms. The van der Waals surface area contributed by atoms with E-state index in [1.54, 1.807) is 19.1 Å². The summed E-state index contributed by atoms with van der Waals surface area (Å²) >= 11 is 3.16. The van der Waals surface area contributed by atoms with Crippen molar-refractivity contribution in [2.45, 2.75) is 19.6 Å². The van der Waals surface area contributed by atoms with E-state index in [2.05, 4.69) is 15.9 Å². The van der Waals surface area contributed by atoms with Crippen LogP contribution in [0.1, 0.15) is 24.2 Å². The number of halogens is 2. The van der Waals surface area contributed by atoms with Gasteiger partial charge in [-0.25, -0.2) is 4.39 Å². The third-order valence-corrected chi connectivity index (χ3v) is 3.21. The topological polar surface area (TPSA) is 25.2 Å². The lowest BCUT2D eigenvalue weighted by Crippen LogP contribution is -1.97. The van der Waals surface area contributed by atoms with Crippen molar-refractivity contribution in [3.05, 3.63) is 58.1 Å². The van der Waals surface area contributed by atoms with Gasteiger partial charge >= 0.3 is 0 Å². The Kier molecular flexibility index (Phi) is 3.64. The van der Waals surface area contributed by atoms with Gasteiger partial charge in [-0.2, -0.15) is 0 Å². The predicted molar refractivity (Wildman–Crippen MR) is 68.3 cm³/mol. The first kappa shape index (κ1) is 12.3. The average molecular weight is 298 g/mol. The minimum absolute atomic E-state index is 0.258. The zero-order chi connectivity index (χ0) is 12.4. The van der Waals surface area contributed by atoms with Gasteiger partial charge in [0.1, 0.15) is 5.82 Å². The number of aliphatic hydroxyl groups is 1. The second kappa shape index (κ2) is 5.02. The fraction of sp³-hybridized carbons (Fsp3) is 0.231. The molecule has 4 heteroatoms. The van der Waals surface area contributed by atoms with Crippen molar-refractivity contribution in [2.75, 3.05) is 0 Å². The number of benzene rings is 1. The molecular formula is C13H13BrFNO. The Morgan fingerprint density at radius 2 is 2.18 bits per heavy atom. The summed E-state index contributed by atoms with van der Waals surface area (Å²) in [5.74, 6) is -0.258. The average Bonchev–Trinajstić information content (AvgIpc) is 2.72. The molecule has 17 heavy (non-hydrogen) atoms. The van der Waals surface area contributed by atoms with Crippen LogP contribution in [0.5, 0.6) is 0 Å². The minimum Gasteiger partial charge on any atom is -0.389 e. The molecule has 1 atom stereocenters. The molecule has 0 saturated heterocycles. The molecule has 0 radical (unpaired) electrons. The summed E-state index contributed by atoms with van der Waals surface area (Å²) in [5, 5.41) is 9.41. The van der Waals surface area contributed by atoms with Crippen LogP contribution in [-0.2, 0) is 6.54 Å². The summed E-state index contributed by atoms with van der Waals surface area (Å²) in [5.41, 5.74) is 1.89. The third kappa shape index (κ3) is 2.96. The smallest absolute Gasteiger partial charge is 0.137 e. The molecule has 1 aromatic heterocycles. The third-order valence-electron chi connectivity index (χ3n) is 2.60. The van der Waals surface area contributed by atoms with Crippen molar-refractivity contribution >= 4 is 15.9 Å². The van der Waals surface area contributed by atoms with E-state index in [1.807, 2.05) is 23.0 Å². The first-order valence-corrected chi connectivity index (χ1v) is 6.13. The molecular weight excluding hydrogens is 285 g/mol. The van der Waals surface area contributed by atoms with E-state index in [0.717, 1.165) is 11.1 Å². The molecule has 0 aliphatic rings. The lowest BCUT2D eigenvalue weighted by Gasteiger charge is -2.05. The highest BCUT2D eigenvalue weighted by Gasteiger charge is 2.04. The van der Waals surface area contributed by atoms with Gasteiger partial charge in [0.25, 0.3) is 0 Å². The highest BCUT2D eigenvalue weighted by molar-refractivity contribution is 9.10. The summed E-state index contributed by atoms with van der Waals surface area (Å²) in [4.78, 5) is 0. The SMILES string of the molecule is CC(O)c1ccn(Cc2ccc(F)c(Br)c2)c1. The van der Waals surface area contributed by atoms with Crippen LogP contribution in [0.15, 0.2) is 41.1 Å². The van der Waals surface area contributed by atoms with E-state index in [9.17, 15) is 9.50 Å². The fourth-order valence-electron chi connectivity index (χ4n) is 1.65. The molecule has 0 spiro atoms. The van der Waals surface area contributed by atoms with Crippen molar-refractivity contribution in [2.24, 2.45) is 0 Å². The van der Waals surface area contributed by atoms with Gasteiger partial charge in [-0.3, -0.25) is 0 Å². The van der Waals surface area contributed by atoms with Crippen molar-refractivity contribution in [1.29, 1.82) is 0 Å². The summed E-state index contributed by atoms with van der Waals surface area (Å²) in [6.07, 6.45) is 3.33. The van der Waals surface area contributed by atoms with Gasteiger partial charge < -0.3 is 9.67 Å². The van der Waals surface area contributed by atoms with Gasteiger partial charge in [0.2, 0.25) is 0 Å². The number of hydrogen-bond donors (Lipinski definition) is 1. The molecule has 0 amide bonds. The van der Waals surface area contributed by atoms with Crippen LogP contribution in [0.4, 0.5) is 4.39 Å². The van der Waals surface area contributed by atoms with Crippen LogP contribution >= 0.6 is 15.9 Å². The Hall–Kier alpha value is -1.13. The minimum atomic E-state index is -0.462. The molecule has 0 aliphatic heterocycles. The Morgan fingerprint density at radius 3 is 2.76 bits per heavy atom. The van der Waals surface area contributed by atoms with E-state index < -0.39 is 6.10 Å². The summed E-state index contributed by atoms with van der Waals surface area (Å²) in [7, 11) is 0. The normalized spacial score (nSPS) is 12.7. The van der Waals surface area contributed by atoms with Gasteiger partial charge in [0.15, 0.2) is 0 Å². The quantitative estimate of drug-likeness (QED) is 0.922. The molecule has 1 heterocycles. The van der Waals surface area contributed by atoms with Crippen LogP contribution in [0.2, 0.25) is 0 Å². The molecule has 90 valence electrons. The second-order valence-corrected chi connectivity index (χ2v) is 4.90. The molecule has 0 aliphatic carbocycles. The first-order valence-electron chi connectivity index (χ1n) is 5.34. The highest BCUT2D eigenvalue weighted by atomic mass is 79.9. The van der Waals surface area contributed by atoms with Gasteiger partial charge in [-0.05, 0) is 52.2 Å². The van der Waals surface area contributed by atoms with E-state index in [-0.39, 0.29) is 5.82 Å². The van der Waals surface area contributed by atoms with Gasteiger partial charge in [0, 0.05) is 18.9 Å². The first-order chi connectivity index (χ1) is 8.06. The summed E-state index contributed by atoms with van der Waals surface area (Å²) in [6.45, 7) is 2.39. The molecule has 1 aromatic carbocycles. The number of aliphatic hydroxyl groups excluding tert-OH is 1. The lowest BCUT2D eigenvalue weighted by atomic mass is 10.2. The molecule has 2 rings (SSSR count). The standard InChI is InChI=1S/C13H13BrFNO/c1-9(17)11-4-5-16(8-11)7-10-2-3-13(15)12(14)6-10/h2-6,8-9,17H,7H2,1H3. The number of aromatic nitrogens is 1. The number of hydrogen-bond acceptors (Lipinski definition) is 1. The molecule has 0 fully saturated rings. The summed E-state index contributed by atoms with van der Waals surface area (Å²) < 4.78 is 15.5. The maximum Gasteiger partial charge on any atom is 0.137 e. The van der Waals surface area contributed by atoms with Crippen molar-refractivity contribution < 1.29 is 9.50 Å². The molecule has 2 nitrogen and oxygen atoms in total. The highest BCUT2D eigenvalue weighted by Crippen LogP contribution is 2.18. The van der Waals surface area contributed by atoms with Crippen molar-refractivity contribution in [3.8, 4) is 0 Å². The number of nitrogens with zero attached hydrogens (tertiary/aromatic N) is 1. The van der Waals surface area contributed by atoms with E-state index in [4.69, 9.17) is 0 Å². The van der Waals surface area contributed by atoms with Crippen LogP contribution in [0.3, 0.4) is 0 Å². The zero-order valence-electron chi connectivity index (χ0n) is 9.40. The van der Waals surface area contributed by atoms with Crippen LogP contribution < -0.4 is 0 Å². The predicted octanol–water partition coefficient (Wildman–Crippen LogP) is 3.49. The van der Waals surface area contributed by atoms with E-state index in [1.165, 1.54) is 6.07 Å². The maximum absolute atomic E-state index is 13.1. The van der Waals surface area contributed by atoms with Crippen LogP contribution in [-0.4, -0.2) is 9.67 Å². The zero-order valence-corrected chi connectivity index (χ0v) is 11.0. The molecule has 2 aromatic rings. The second-order valence-electron chi connectivity index (χ2n) is 4.04. The van der Waals surface area contributed by atoms with Gasteiger partial charge in [0.05, 0.1) is 10.6 Å². The maximum atomic E-state index is 13.1. The Morgan fingerprint density at radius 1 is 1.41 bits per heavy atom. The monoisotopic (exact) mass is 297 g/mol. The Bertz CT molecular complexity index is 522. The van der Waals surface area contributed by atoms with Crippen LogP contribution in [0.25, 0.3) is 0 Å². The lowest BCUT2D eigenvalue weighted by molar-refractivity contribution is 0.199. The van der Waals surface area contributed by atoms with Crippen molar-refractivity contribution in [3.63, 3.8) is 0 Å². The Labute approximate surface area is 108 Å². The summed E-state index contributed by atoms with van der Waals surface area (Å²) in [6, 6.07) is 6.83. The Balaban J connectivity index is 2.16. The molecule has 1 unspecified atom stereocenters. The largest absolute Gasteiger partial charge is 0.389 e. The molecule has 0 saturated carbocycles.